The van der Waals surface area contributed by atoms with Crippen molar-refractivity contribution >= 4 is 11.9 Å². The highest BCUT2D eigenvalue weighted by molar-refractivity contribution is 7.97. The number of alkyl halides is 3. The summed E-state index contributed by atoms with van der Waals surface area (Å²) < 4.78 is 45.8. The number of hydrogen-bond donors (Lipinski definition) is 0. The highest BCUT2D eigenvalue weighted by atomic mass is 32.2. The molecule has 2 nitrogen and oxygen atoms in total. The number of benzene rings is 2. The van der Waals surface area contributed by atoms with Crippen molar-refractivity contribution in [1.29, 1.82) is 0 Å². The van der Waals surface area contributed by atoms with Gasteiger partial charge in [-0.1, -0.05) is 47.5 Å². The molecule has 0 unspecified atom stereocenters. The highest BCUT2D eigenvalue weighted by Crippen LogP contribution is 2.35. The predicted octanol–water partition coefficient (Wildman–Crippen LogP) is 7.24. The van der Waals surface area contributed by atoms with E-state index in [0.717, 1.165) is 27.7 Å². The predicted molar refractivity (Wildman–Crippen MR) is 111 cm³/mol. The molecule has 1 heterocycles. The SMILES string of the molecule is Cc1ccc(CN(Cc2ccc(C(F)(F)F)o2)Sc2c(C)cc(C)cc2C)cc1. The number of furan rings is 1. The smallest absolute Gasteiger partial charge is 0.449 e. The van der Waals surface area contributed by atoms with Crippen LogP contribution in [0.4, 0.5) is 13.2 Å². The molecule has 0 aliphatic rings. The Morgan fingerprint density at radius 2 is 1.45 bits per heavy atom. The van der Waals surface area contributed by atoms with E-state index in [1.807, 2.05) is 35.5 Å². The Morgan fingerprint density at radius 3 is 2.00 bits per heavy atom. The standard InChI is InChI=1S/C23H24F3NOS/c1-15-5-7-19(8-6-15)13-27(14-20-9-10-21(28-20)23(24,25)26)29-22-17(3)11-16(2)12-18(22)4/h5-12H,13-14H2,1-4H3. The second-order valence-corrected chi connectivity index (χ2v) is 8.47. The Hall–Kier alpha value is -2.18. The molecule has 29 heavy (non-hydrogen) atoms. The van der Waals surface area contributed by atoms with Gasteiger partial charge in [-0.05, 0) is 68.5 Å². The van der Waals surface area contributed by atoms with Gasteiger partial charge < -0.3 is 4.42 Å². The fourth-order valence-corrected chi connectivity index (χ4v) is 4.32. The number of aryl methyl sites for hydroxylation is 4. The van der Waals surface area contributed by atoms with Crippen molar-refractivity contribution in [1.82, 2.24) is 4.31 Å². The summed E-state index contributed by atoms with van der Waals surface area (Å²) in [5.74, 6) is -0.671. The van der Waals surface area contributed by atoms with E-state index >= 15 is 0 Å². The molecular formula is C23H24F3NOS. The Bertz CT molecular complexity index is 954. The normalized spacial score (nSPS) is 12.0. The van der Waals surface area contributed by atoms with E-state index in [4.69, 9.17) is 4.42 Å². The van der Waals surface area contributed by atoms with Crippen molar-refractivity contribution in [2.45, 2.75) is 51.9 Å². The molecule has 0 amide bonds. The third-order valence-corrected chi connectivity index (χ3v) is 5.92. The number of halogens is 3. The average molecular weight is 420 g/mol. The molecule has 0 N–H and O–H groups in total. The van der Waals surface area contributed by atoms with Gasteiger partial charge in [-0.2, -0.15) is 13.2 Å². The van der Waals surface area contributed by atoms with Crippen LogP contribution in [0.1, 0.15) is 39.3 Å². The molecule has 0 spiro atoms. The van der Waals surface area contributed by atoms with E-state index < -0.39 is 11.9 Å². The molecule has 0 saturated carbocycles. The molecule has 1 aromatic heterocycles. The molecule has 0 aliphatic carbocycles. The second kappa shape index (κ2) is 8.67. The van der Waals surface area contributed by atoms with Crippen LogP contribution in [0.5, 0.6) is 0 Å². The van der Waals surface area contributed by atoms with Crippen LogP contribution in [0, 0.1) is 27.7 Å². The van der Waals surface area contributed by atoms with Gasteiger partial charge in [0.25, 0.3) is 0 Å². The Morgan fingerprint density at radius 1 is 0.828 bits per heavy atom. The lowest BCUT2D eigenvalue weighted by molar-refractivity contribution is -0.153. The fourth-order valence-electron chi connectivity index (χ4n) is 3.25. The van der Waals surface area contributed by atoms with Crippen LogP contribution in [0.25, 0.3) is 0 Å². The summed E-state index contributed by atoms with van der Waals surface area (Å²) in [5, 5.41) is 0. The van der Waals surface area contributed by atoms with E-state index in [9.17, 15) is 13.2 Å². The lowest BCUT2D eigenvalue weighted by Crippen LogP contribution is -2.15. The molecule has 0 radical (unpaired) electrons. The van der Waals surface area contributed by atoms with Crippen LogP contribution in [-0.4, -0.2) is 4.31 Å². The Balaban J connectivity index is 1.87. The summed E-state index contributed by atoms with van der Waals surface area (Å²) in [7, 11) is 0. The van der Waals surface area contributed by atoms with Gasteiger partial charge in [-0.3, -0.25) is 0 Å². The van der Waals surface area contributed by atoms with Crippen LogP contribution in [-0.2, 0) is 19.3 Å². The zero-order valence-corrected chi connectivity index (χ0v) is 17.7. The first-order chi connectivity index (χ1) is 13.6. The third-order valence-electron chi connectivity index (χ3n) is 4.58. The molecule has 0 aliphatic heterocycles. The monoisotopic (exact) mass is 419 g/mol. The zero-order valence-electron chi connectivity index (χ0n) is 16.9. The van der Waals surface area contributed by atoms with Gasteiger partial charge in [-0.15, -0.1) is 0 Å². The van der Waals surface area contributed by atoms with Gasteiger partial charge in [0.1, 0.15) is 5.76 Å². The quantitative estimate of drug-likeness (QED) is 0.392. The van der Waals surface area contributed by atoms with E-state index in [-0.39, 0.29) is 6.54 Å². The van der Waals surface area contributed by atoms with E-state index in [0.29, 0.717) is 12.3 Å². The fraction of sp³-hybridized carbons (Fsp3) is 0.304. The van der Waals surface area contributed by atoms with Gasteiger partial charge in [0.2, 0.25) is 5.76 Å². The molecule has 154 valence electrons. The summed E-state index contributed by atoms with van der Waals surface area (Å²) in [6.45, 7) is 9.04. The molecule has 6 heteroatoms. The van der Waals surface area contributed by atoms with Crippen molar-refractivity contribution in [3.05, 3.63) is 87.9 Å². The summed E-state index contributed by atoms with van der Waals surface area (Å²) >= 11 is 1.55. The molecule has 2 aromatic carbocycles. The molecule has 0 atom stereocenters. The lowest BCUT2D eigenvalue weighted by atomic mass is 10.1. The maximum Gasteiger partial charge on any atom is 0.449 e. The first kappa shape index (κ1) is 21.5. The zero-order chi connectivity index (χ0) is 21.2. The summed E-state index contributed by atoms with van der Waals surface area (Å²) in [5.41, 5.74) is 5.75. The topological polar surface area (TPSA) is 16.4 Å². The van der Waals surface area contributed by atoms with Crippen molar-refractivity contribution in [2.24, 2.45) is 0 Å². The van der Waals surface area contributed by atoms with Crippen molar-refractivity contribution < 1.29 is 17.6 Å². The first-order valence-corrected chi connectivity index (χ1v) is 10.1. The van der Waals surface area contributed by atoms with E-state index in [2.05, 4.69) is 32.9 Å². The summed E-state index contributed by atoms with van der Waals surface area (Å²) in [6.07, 6.45) is -4.47. The van der Waals surface area contributed by atoms with Gasteiger partial charge in [-0.25, -0.2) is 4.31 Å². The van der Waals surface area contributed by atoms with Gasteiger partial charge in [0, 0.05) is 11.4 Å². The minimum Gasteiger partial charge on any atom is -0.455 e. The van der Waals surface area contributed by atoms with Crippen molar-refractivity contribution in [3.63, 3.8) is 0 Å². The summed E-state index contributed by atoms with van der Waals surface area (Å²) in [4.78, 5) is 1.12. The molecule has 3 aromatic rings. The van der Waals surface area contributed by atoms with Gasteiger partial charge >= 0.3 is 6.18 Å². The molecule has 0 saturated heterocycles. The third kappa shape index (κ3) is 5.67. The maximum absolute atomic E-state index is 12.9. The number of nitrogens with zero attached hydrogens (tertiary/aromatic N) is 1. The van der Waals surface area contributed by atoms with Crippen molar-refractivity contribution in [2.75, 3.05) is 0 Å². The van der Waals surface area contributed by atoms with E-state index in [1.165, 1.54) is 17.2 Å². The van der Waals surface area contributed by atoms with Crippen molar-refractivity contribution in [3.8, 4) is 0 Å². The van der Waals surface area contributed by atoms with Crippen LogP contribution >= 0.6 is 11.9 Å². The largest absolute Gasteiger partial charge is 0.455 e. The molecular weight excluding hydrogens is 395 g/mol. The Kier molecular flexibility index (Phi) is 6.44. The first-order valence-electron chi connectivity index (χ1n) is 9.34. The maximum atomic E-state index is 12.9. The van der Waals surface area contributed by atoms with Crippen LogP contribution in [0.3, 0.4) is 0 Å². The molecule has 0 fully saturated rings. The Labute approximate surface area is 173 Å². The van der Waals surface area contributed by atoms with Gasteiger partial charge in [0.05, 0.1) is 6.54 Å². The molecule has 0 bridgehead atoms. The minimum absolute atomic E-state index is 0.265. The van der Waals surface area contributed by atoms with Gasteiger partial charge in [0.15, 0.2) is 0 Å². The van der Waals surface area contributed by atoms with Crippen LogP contribution in [0.15, 0.2) is 57.8 Å². The van der Waals surface area contributed by atoms with Crippen LogP contribution < -0.4 is 0 Å². The van der Waals surface area contributed by atoms with E-state index in [1.54, 1.807) is 11.9 Å². The van der Waals surface area contributed by atoms with Crippen LogP contribution in [0.2, 0.25) is 0 Å². The summed E-state index contributed by atoms with van der Waals surface area (Å²) in [6, 6.07) is 14.8. The number of rotatable bonds is 6. The average Bonchev–Trinajstić information content (AvgIpc) is 3.09. The lowest BCUT2D eigenvalue weighted by Gasteiger charge is -2.23. The molecule has 3 rings (SSSR count). The minimum atomic E-state index is -4.47. The highest BCUT2D eigenvalue weighted by Gasteiger charge is 2.34. The number of hydrogen-bond acceptors (Lipinski definition) is 3. The second-order valence-electron chi connectivity index (χ2n) is 7.37.